The van der Waals surface area contributed by atoms with Gasteiger partial charge < -0.3 is 5.73 Å². The molecule has 1 aromatic rings. The second-order valence-corrected chi connectivity index (χ2v) is 6.53. The maximum absolute atomic E-state index is 6.35. The summed E-state index contributed by atoms with van der Waals surface area (Å²) >= 11 is 0. The number of rotatable bonds is 12. The normalized spacial score (nSPS) is 14.0. The van der Waals surface area contributed by atoms with Crippen molar-refractivity contribution < 1.29 is 0 Å². The van der Waals surface area contributed by atoms with Crippen LogP contribution in [-0.4, -0.2) is 0 Å². The minimum absolute atomic E-state index is 0.195. The van der Waals surface area contributed by atoms with Gasteiger partial charge in [0.1, 0.15) is 0 Å². The first-order valence-electron chi connectivity index (χ1n) is 9.06. The fraction of sp³-hybridized carbons (Fsp3) is 0.700. The zero-order valence-electron chi connectivity index (χ0n) is 14.2. The van der Waals surface area contributed by atoms with Crippen LogP contribution >= 0.6 is 0 Å². The third kappa shape index (κ3) is 8.26. The van der Waals surface area contributed by atoms with Gasteiger partial charge >= 0.3 is 0 Å². The molecule has 0 saturated heterocycles. The molecule has 0 aliphatic rings. The molecule has 0 amide bonds. The van der Waals surface area contributed by atoms with Crippen LogP contribution in [0.15, 0.2) is 30.3 Å². The van der Waals surface area contributed by atoms with Crippen LogP contribution in [0.5, 0.6) is 0 Å². The molecular weight excluding hydrogens is 254 g/mol. The van der Waals surface area contributed by atoms with Crippen LogP contribution in [0.2, 0.25) is 0 Å². The quantitative estimate of drug-likeness (QED) is 0.453. The Kier molecular flexibility index (Phi) is 10.2. The van der Waals surface area contributed by atoms with E-state index >= 15 is 0 Å². The third-order valence-corrected chi connectivity index (χ3v) is 4.56. The van der Waals surface area contributed by atoms with Gasteiger partial charge in [-0.1, -0.05) is 102 Å². The summed E-state index contributed by atoms with van der Waals surface area (Å²) in [6.07, 6.45) is 13.8. The zero-order valence-corrected chi connectivity index (χ0v) is 14.2. The van der Waals surface area contributed by atoms with Crippen molar-refractivity contribution in [2.24, 2.45) is 11.7 Å². The summed E-state index contributed by atoms with van der Waals surface area (Å²) in [5, 5.41) is 0. The molecule has 1 heteroatoms. The van der Waals surface area contributed by atoms with Crippen molar-refractivity contribution in [2.75, 3.05) is 0 Å². The molecule has 0 saturated carbocycles. The molecule has 0 spiro atoms. The Balaban J connectivity index is 2.02. The van der Waals surface area contributed by atoms with E-state index in [1.807, 2.05) is 0 Å². The minimum Gasteiger partial charge on any atom is -0.324 e. The summed E-state index contributed by atoms with van der Waals surface area (Å²) in [5.41, 5.74) is 7.63. The average molecular weight is 290 g/mol. The number of nitrogens with two attached hydrogens (primary N) is 1. The maximum Gasteiger partial charge on any atom is 0.0320 e. The van der Waals surface area contributed by atoms with E-state index in [4.69, 9.17) is 5.73 Å². The molecule has 0 radical (unpaired) electrons. The van der Waals surface area contributed by atoms with Gasteiger partial charge in [-0.15, -0.1) is 0 Å². The van der Waals surface area contributed by atoms with Gasteiger partial charge in [-0.25, -0.2) is 0 Å². The summed E-state index contributed by atoms with van der Waals surface area (Å²) in [6, 6.07) is 10.7. The molecule has 0 aliphatic carbocycles. The van der Waals surface area contributed by atoms with Crippen LogP contribution < -0.4 is 5.73 Å². The molecule has 120 valence electrons. The Hall–Kier alpha value is -0.820. The summed E-state index contributed by atoms with van der Waals surface area (Å²) in [7, 11) is 0. The molecule has 2 unspecified atom stereocenters. The van der Waals surface area contributed by atoms with Gasteiger partial charge in [0.2, 0.25) is 0 Å². The Morgan fingerprint density at radius 1 is 0.810 bits per heavy atom. The molecule has 0 bridgehead atoms. The van der Waals surface area contributed by atoms with Gasteiger partial charge in [0.05, 0.1) is 0 Å². The molecule has 1 rings (SSSR count). The molecule has 1 nitrogen and oxygen atoms in total. The third-order valence-electron chi connectivity index (χ3n) is 4.56. The minimum atomic E-state index is 0.195. The summed E-state index contributed by atoms with van der Waals surface area (Å²) < 4.78 is 0. The van der Waals surface area contributed by atoms with Crippen LogP contribution in [0.1, 0.15) is 89.7 Å². The molecule has 1 aromatic carbocycles. The van der Waals surface area contributed by atoms with E-state index in [9.17, 15) is 0 Å². The lowest BCUT2D eigenvalue weighted by Crippen LogP contribution is -2.18. The van der Waals surface area contributed by atoms with Crippen molar-refractivity contribution in [3.8, 4) is 0 Å². The predicted octanol–water partition coefficient (Wildman–Crippen LogP) is 6.24. The lowest BCUT2D eigenvalue weighted by atomic mass is 9.90. The van der Waals surface area contributed by atoms with Crippen molar-refractivity contribution in [3.63, 3.8) is 0 Å². The molecule has 2 N–H and O–H groups in total. The Morgan fingerprint density at radius 3 is 1.90 bits per heavy atom. The lowest BCUT2D eigenvalue weighted by Gasteiger charge is -2.20. The van der Waals surface area contributed by atoms with E-state index < -0.39 is 0 Å². The molecule has 0 aliphatic heterocycles. The van der Waals surface area contributed by atoms with E-state index in [0.717, 1.165) is 0 Å². The van der Waals surface area contributed by atoms with E-state index in [2.05, 4.69) is 44.2 Å². The molecule has 0 heterocycles. The first-order valence-corrected chi connectivity index (χ1v) is 9.06. The predicted molar refractivity (Wildman–Crippen MR) is 94.4 cm³/mol. The molecule has 0 aromatic heterocycles. The van der Waals surface area contributed by atoms with Crippen molar-refractivity contribution in [1.82, 2.24) is 0 Å². The van der Waals surface area contributed by atoms with E-state index in [-0.39, 0.29) is 6.04 Å². The van der Waals surface area contributed by atoms with Gasteiger partial charge in [0, 0.05) is 6.04 Å². The van der Waals surface area contributed by atoms with Gasteiger partial charge in [0.25, 0.3) is 0 Å². The molecule has 0 fully saturated rings. The maximum atomic E-state index is 6.35. The van der Waals surface area contributed by atoms with E-state index in [1.165, 1.54) is 69.8 Å². The lowest BCUT2D eigenvalue weighted by molar-refractivity contribution is 0.413. The monoisotopic (exact) mass is 289 g/mol. The number of benzene rings is 1. The Labute approximate surface area is 132 Å². The number of unbranched alkanes of at least 4 members (excludes halogenated alkanes) is 8. The standard InChI is InChI=1S/C20H35N/c1-3-4-5-6-7-8-9-10-12-15-18(2)20(21)19-16-13-11-14-17-19/h11,13-14,16-18,20H,3-10,12,15,21H2,1-2H3. The molecule has 21 heavy (non-hydrogen) atoms. The molecular formula is C20H35N. The topological polar surface area (TPSA) is 26.0 Å². The Bertz CT molecular complexity index is 333. The second-order valence-electron chi connectivity index (χ2n) is 6.53. The van der Waals surface area contributed by atoms with Crippen molar-refractivity contribution in [2.45, 2.75) is 84.1 Å². The zero-order chi connectivity index (χ0) is 15.3. The average Bonchev–Trinajstić information content (AvgIpc) is 2.53. The highest BCUT2D eigenvalue weighted by Gasteiger charge is 2.13. The second kappa shape index (κ2) is 11.8. The van der Waals surface area contributed by atoms with E-state index in [0.29, 0.717) is 5.92 Å². The first kappa shape index (κ1) is 18.2. The van der Waals surface area contributed by atoms with Crippen LogP contribution in [0.3, 0.4) is 0 Å². The van der Waals surface area contributed by atoms with E-state index in [1.54, 1.807) is 0 Å². The highest BCUT2D eigenvalue weighted by molar-refractivity contribution is 5.18. The van der Waals surface area contributed by atoms with Crippen molar-refractivity contribution in [1.29, 1.82) is 0 Å². The van der Waals surface area contributed by atoms with Crippen molar-refractivity contribution >= 4 is 0 Å². The van der Waals surface area contributed by atoms with Crippen LogP contribution in [0.25, 0.3) is 0 Å². The number of hydrogen-bond acceptors (Lipinski definition) is 1. The smallest absolute Gasteiger partial charge is 0.0320 e. The number of hydrogen-bond donors (Lipinski definition) is 1. The van der Waals surface area contributed by atoms with Crippen LogP contribution in [0.4, 0.5) is 0 Å². The van der Waals surface area contributed by atoms with Gasteiger partial charge in [-0.05, 0) is 17.9 Å². The van der Waals surface area contributed by atoms with Crippen molar-refractivity contribution in [3.05, 3.63) is 35.9 Å². The van der Waals surface area contributed by atoms with Gasteiger partial charge in [0.15, 0.2) is 0 Å². The fourth-order valence-corrected chi connectivity index (χ4v) is 2.96. The largest absolute Gasteiger partial charge is 0.324 e. The Morgan fingerprint density at radius 2 is 1.33 bits per heavy atom. The summed E-state index contributed by atoms with van der Waals surface area (Å²) in [6.45, 7) is 4.57. The van der Waals surface area contributed by atoms with Crippen LogP contribution in [-0.2, 0) is 0 Å². The molecule has 2 atom stereocenters. The fourth-order valence-electron chi connectivity index (χ4n) is 2.96. The summed E-state index contributed by atoms with van der Waals surface area (Å²) in [4.78, 5) is 0. The highest BCUT2D eigenvalue weighted by Crippen LogP contribution is 2.24. The van der Waals surface area contributed by atoms with Gasteiger partial charge in [-0.3, -0.25) is 0 Å². The highest BCUT2D eigenvalue weighted by atomic mass is 14.6. The first-order chi connectivity index (χ1) is 10.3. The van der Waals surface area contributed by atoms with Gasteiger partial charge in [-0.2, -0.15) is 0 Å². The SMILES string of the molecule is CCCCCCCCCCCC(C)C(N)c1ccccc1. The summed E-state index contributed by atoms with van der Waals surface area (Å²) in [5.74, 6) is 0.581. The van der Waals surface area contributed by atoms with Crippen LogP contribution in [0, 0.1) is 5.92 Å².